The Morgan fingerprint density at radius 1 is 0.905 bits per heavy atom. The van der Waals surface area contributed by atoms with Crippen molar-refractivity contribution in [3.05, 3.63) is 16.0 Å². The van der Waals surface area contributed by atoms with Gasteiger partial charge >= 0.3 is 0 Å². The molecule has 1 rings (SSSR count). The average Bonchev–Trinajstić information content (AvgIpc) is 2.48. The van der Waals surface area contributed by atoms with E-state index in [4.69, 9.17) is 0 Å². The second kappa shape index (κ2) is 11.8. The molecule has 1 N–H and O–H groups in total. The highest BCUT2D eigenvalue weighted by molar-refractivity contribution is 7.99. The molecule has 120 valence electrons. The summed E-state index contributed by atoms with van der Waals surface area (Å²) in [7, 11) is 0. The SMILES string of the molecule is CCCCCCCCCCCCSc1nnc(C)c(=O)[nH]1. The molecule has 1 aromatic rings. The maximum Gasteiger partial charge on any atom is 0.273 e. The fourth-order valence-electron chi connectivity index (χ4n) is 2.20. The monoisotopic (exact) mass is 311 g/mol. The molecule has 1 aromatic heterocycles. The molecule has 0 fully saturated rings. The number of hydrogen-bond donors (Lipinski definition) is 1. The maximum absolute atomic E-state index is 11.4. The number of aryl methyl sites for hydroxylation is 1. The Morgan fingerprint density at radius 2 is 1.48 bits per heavy atom. The van der Waals surface area contributed by atoms with E-state index in [0.717, 1.165) is 5.75 Å². The number of unbranched alkanes of at least 4 members (excludes halogenated alkanes) is 9. The van der Waals surface area contributed by atoms with Crippen molar-refractivity contribution in [3.63, 3.8) is 0 Å². The quantitative estimate of drug-likeness (QED) is 0.456. The Bertz CT molecular complexity index is 434. The molecule has 0 aromatic carbocycles. The van der Waals surface area contributed by atoms with Crippen LogP contribution in [0.2, 0.25) is 0 Å². The van der Waals surface area contributed by atoms with Crippen molar-refractivity contribution in [2.45, 2.75) is 83.2 Å². The van der Waals surface area contributed by atoms with Crippen LogP contribution >= 0.6 is 11.8 Å². The lowest BCUT2D eigenvalue weighted by molar-refractivity contribution is 0.563. The van der Waals surface area contributed by atoms with Crippen molar-refractivity contribution >= 4 is 11.8 Å². The first-order valence-electron chi connectivity index (χ1n) is 8.30. The lowest BCUT2D eigenvalue weighted by atomic mass is 10.1. The number of H-pyrrole nitrogens is 1. The van der Waals surface area contributed by atoms with Crippen LogP contribution in [0.5, 0.6) is 0 Å². The van der Waals surface area contributed by atoms with Gasteiger partial charge in [0.25, 0.3) is 5.56 Å². The Balaban J connectivity index is 1.93. The molecule has 0 bridgehead atoms. The molecule has 4 nitrogen and oxygen atoms in total. The summed E-state index contributed by atoms with van der Waals surface area (Å²) in [6.45, 7) is 3.93. The molecule has 0 aliphatic carbocycles. The maximum atomic E-state index is 11.4. The van der Waals surface area contributed by atoms with Crippen LogP contribution in [-0.4, -0.2) is 20.9 Å². The Hall–Kier alpha value is -0.840. The molecule has 0 amide bonds. The lowest BCUT2D eigenvalue weighted by Crippen LogP contribution is -2.14. The molecular formula is C16H29N3OS. The van der Waals surface area contributed by atoms with Crippen LogP contribution in [0.25, 0.3) is 0 Å². The number of aromatic nitrogens is 3. The van der Waals surface area contributed by atoms with Crippen LogP contribution in [-0.2, 0) is 0 Å². The van der Waals surface area contributed by atoms with E-state index in [-0.39, 0.29) is 5.56 Å². The van der Waals surface area contributed by atoms with E-state index in [1.165, 1.54) is 64.2 Å². The van der Waals surface area contributed by atoms with E-state index in [1.54, 1.807) is 18.7 Å². The van der Waals surface area contributed by atoms with Crippen LogP contribution in [0.15, 0.2) is 9.95 Å². The molecule has 5 heteroatoms. The summed E-state index contributed by atoms with van der Waals surface area (Å²) in [5, 5.41) is 8.45. The van der Waals surface area contributed by atoms with Gasteiger partial charge in [-0.1, -0.05) is 76.5 Å². The van der Waals surface area contributed by atoms with E-state index in [9.17, 15) is 4.79 Å². The van der Waals surface area contributed by atoms with E-state index in [2.05, 4.69) is 22.1 Å². The smallest absolute Gasteiger partial charge is 0.273 e. The number of nitrogens with zero attached hydrogens (tertiary/aromatic N) is 2. The molecule has 21 heavy (non-hydrogen) atoms. The Labute approximate surface area is 132 Å². The number of nitrogens with one attached hydrogen (secondary N) is 1. The third-order valence-corrected chi connectivity index (χ3v) is 4.53. The summed E-state index contributed by atoms with van der Waals surface area (Å²) in [5.41, 5.74) is 0.300. The molecule has 0 aliphatic heterocycles. The zero-order valence-electron chi connectivity index (χ0n) is 13.5. The summed E-state index contributed by atoms with van der Waals surface area (Å²) in [6.07, 6.45) is 13.4. The summed E-state index contributed by atoms with van der Waals surface area (Å²) in [4.78, 5) is 14.1. The van der Waals surface area contributed by atoms with Crippen LogP contribution in [0, 0.1) is 6.92 Å². The fraction of sp³-hybridized carbons (Fsp3) is 0.812. The number of rotatable bonds is 12. The summed E-state index contributed by atoms with van der Waals surface area (Å²) < 4.78 is 0. The minimum atomic E-state index is -0.129. The van der Waals surface area contributed by atoms with Gasteiger partial charge in [-0.25, -0.2) is 0 Å². The van der Waals surface area contributed by atoms with E-state index in [0.29, 0.717) is 10.9 Å². The molecule has 1 heterocycles. The van der Waals surface area contributed by atoms with Crippen molar-refractivity contribution in [1.82, 2.24) is 15.2 Å². The van der Waals surface area contributed by atoms with E-state index in [1.807, 2.05) is 0 Å². The predicted molar refractivity (Wildman–Crippen MR) is 90.0 cm³/mol. The second-order valence-electron chi connectivity index (χ2n) is 5.58. The summed E-state index contributed by atoms with van der Waals surface area (Å²) >= 11 is 1.59. The zero-order chi connectivity index (χ0) is 15.3. The molecule has 0 unspecified atom stereocenters. The lowest BCUT2D eigenvalue weighted by Gasteiger charge is -2.02. The second-order valence-corrected chi connectivity index (χ2v) is 6.66. The minimum absolute atomic E-state index is 0.129. The van der Waals surface area contributed by atoms with Gasteiger partial charge in [0.1, 0.15) is 5.69 Å². The van der Waals surface area contributed by atoms with Gasteiger partial charge in [-0.15, -0.1) is 10.2 Å². The average molecular weight is 311 g/mol. The zero-order valence-corrected chi connectivity index (χ0v) is 14.3. The van der Waals surface area contributed by atoms with Gasteiger partial charge in [-0.05, 0) is 13.3 Å². The molecule has 0 radical (unpaired) electrons. The first-order chi connectivity index (χ1) is 10.2. The van der Waals surface area contributed by atoms with Crippen molar-refractivity contribution in [2.75, 3.05) is 5.75 Å². The van der Waals surface area contributed by atoms with Crippen molar-refractivity contribution < 1.29 is 0 Å². The Kier molecular flexibility index (Phi) is 10.2. The normalized spacial score (nSPS) is 11.0. The number of hydrogen-bond acceptors (Lipinski definition) is 4. The van der Waals surface area contributed by atoms with Gasteiger partial charge in [0.05, 0.1) is 0 Å². The first-order valence-corrected chi connectivity index (χ1v) is 9.29. The highest BCUT2D eigenvalue weighted by Crippen LogP contribution is 2.15. The van der Waals surface area contributed by atoms with Gasteiger partial charge in [-0.3, -0.25) is 9.78 Å². The fourth-order valence-corrected chi connectivity index (χ4v) is 3.01. The van der Waals surface area contributed by atoms with Crippen LogP contribution in [0.3, 0.4) is 0 Å². The Morgan fingerprint density at radius 3 is 2.05 bits per heavy atom. The molecule has 0 spiro atoms. The molecule has 0 atom stereocenters. The van der Waals surface area contributed by atoms with Crippen molar-refractivity contribution in [1.29, 1.82) is 0 Å². The topological polar surface area (TPSA) is 58.6 Å². The molecule has 0 saturated carbocycles. The van der Waals surface area contributed by atoms with Gasteiger partial charge in [0.2, 0.25) is 0 Å². The largest absolute Gasteiger partial charge is 0.298 e. The summed E-state index contributed by atoms with van der Waals surface area (Å²) in [6, 6.07) is 0. The highest BCUT2D eigenvalue weighted by Gasteiger charge is 2.00. The predicted octanol–water partition coefficient (Wildman–Crippen LogP) is 4.49. The third-order valence-electron chi connectivity index (χ3n) is 3.58. The van der Waals surface area contributed by atoms with Gasteiger partial charge < -0.3 is 0 Å². The van der Waals surface area contributed by atoms with Crippen molar-refractivity contribution in [2.24, 2.45) is 0 Å². The van der Waals surface area contributed by atoms with Crippen LogP contribution in [0.1, 0.15) is 76.8 Å². The minimum Gasteiger partial charge on any atom is -0.298 e. The first kappa shape index (κ1) is 18.2. The van der Waals surface area contributed by atoms with E-state index < -0.39 is 0 Å². The summed E-state index contributed by atoms with van der Waals surface area (Å²) in [5.74, 6) is 1.00. The van der Waals surface area contributed by atoms with Crippen LogP contribution in [0.4, 0.5) is 0 Å². The highest BCUT2D eigenvalue weighted by atomic mass is 32.2. The molecule has 0 saturated heterocycles. The van der Waals surface area contributed by atoms with Gasteiger partial charge in [-0.2, -0.15) is 0 Å². The number of aromatic amines is 1. The standard InChI is InChI=1S/C16H29N3OS/c1-3-4-5-6-7-8-9-10-11-12-13-21-16-17-15(20)14(2)18-19-16/h3-13H2,1-2H3,(H,17,19,20). The molecule has 0 aliphatic rings. The third kappa shape index (κ3) is 8.91. The van der Waals surface area contributed by atoms with Crippen LogP contribution < -0.4 is 5.56 Å². The van der Waals surface area contributed by atoms with Gasteiger partial charge in [0, 0.05) is 5.75 Å². The number of thioether (sulfide) groups is 1. The van der Waals surface area contributed by atoms with Crippen molar-refractivity contribution in [3.8, 4) is 0 Å². The van der Waals surface area contributed by atoms with Gasteiger partial charge in [0.15, 0.2) is 5.16 Å². The molecular weight excluding hydrogens is 282 g/mol. The van der Waals surface area contributed by atoms with E-state index >= 15 is 0 Å².